The van der Waals surface area contributed by atoms with Gasteiger partial charge in [0.05, 0.1) is 0 Å². The van der Waals surface area contributed by atoms with Crippen LogP contribution in [0.25, 0.3) is 0 Å². The second-order valence-electron chi connectivity index (χ2n) is 4.58. The molecule has 19 heavy (non-hydrogen) atoms. The fourth-order valence-electron chi connectivity index (χ4n) is 1.86. The summed E-state index contributed by atoms with van der Waals surface area (Å²) < 4.78 is 0. The Morgan fingerprint density at radius 2 is 2.11 bits per heavy atom. The van der Waals surface area contributed by atoms with Crippen LogP contribution in [0.15, 0.2) is 24.3 Å². The summed E-state index contributed by atoms with van der Waals surface area (Å²) in [6, 6.07) is 6.54. The van der Waals surface area contributed by atoms with Crippen LogP contribution in [-0.4, -0.2) is 41.6 Å². The van der Waals surface area contributed by atoms with Crippen molar-refractivity contribution >= 4 is 29.3 Å². The Bertz CT molecular complexity index is 502. The first kappa shape index (κ1) is 13.7. The van der Waals surface area contributed by atoms with Crippen LogP contribution in [-0.2, 0) is 4.79 Å². The predicted molar refractivity (Wildman–Crippen MR) is 72.6 cm³/mol. The van der Waals surface area contributed by atoms with E-state index < -0.39 is 5.97 Å². The van der Waals surface area contributed by atoms with E-state index in [-0.39, 0.29) is 18.6 Å². The fraction of sp³-hybridized carbons (Fsp3) is 0.385. The van der Waals surface area contributed by atoms with E-state index in [0.29, 0.717) is 10.7 Å². The maximum atomic E-state index is 12.3. The number of benzene rings is 1. The molecule has 0 aliphatic heterocycles. The molecule has 0 heterocycles. The largest absolute Gasteiger partial charge is 0.480 e. The lowest BCUT2D eigenvalue weighted by atomic mass is 10.3. The van der Waals surface area contributed by atoms with Crippen molar-refractivity contribution in [1.82, 2.24) is 4.90 Å². The molecule has 1 saturated carbocycles. The van der Waals surface area contributed by atoms with Gasteiger partial charge in [-0.25, -0.2) is 4.79 Å². The molecule has 6 heteroatoms. The lowest BCUT2D eigenvalue weighted by molar-refractivity contribution is -0.135. The van der Waals surface area contributed by atoms with Crippen LogP contribution in [0, 0.1) is 0 Å². The van der Waals surface area contributed by atoms with Crippen molar-refractivity contribution in [3.8, 4) is 0 Å². The molecule has 1 fully saturated rings. The van der Waals surface area contributed by atoms with Gasteiger partial charge < -0.3 is 10.0 Å². The van der Waals surface area contributed by atoms with Crippen LogP contribution in [0.5, 0.6) is 0 Å². The maximum absolute atomic E-state index is 12.3. The molecule has 0 atom stereocenters. The van der Waals surface area contributed by atoms with E-state index in [2.05, 4.69) is 0 Å². The van der Waals surface area contributed by atoms with E-state index in [1.807, 2.05) is 0 Å². The van der Waals surface area contributed by atoms with Crippen molar-refractivity contribution in [2.24, 2.45) is 0 Å². The third kappa shape index (κ3) is 3.38. The molecule has 1 aliphatic carbocycles. The number of hydrogen-bond acceptors (Lipinski definition) is 2. The average Bonchev–Trinajstić information content (AvgIpc) is 3.18. The quantitative estimate of drug-likeness (QED) is 0.923. The summed E-state index contributed by atoms with van der Waals surface area (Å²) in [5.41, 5.74) is 0.493. The van der Waals surface area contributed by atoms with Crippen molar-refractivity contribution in [1.29, 1.82) is 0 Å². The monoisotopic (exact) mass is 282 g/mol. The molecule has 1 aromatic rings. The second kappa shape index (κ2) is 5.48. The molecule has 5 nitrogen and oxygen atoms in total. The molecule has 0 bridgehead atoms. The van der Waals surface area contributed by atoms with E-state index in [1.165, 1.54) is 4.90 Å². The number of halogens is 1. The predicted octanol–water partition coefficient (Wildman–Crippen LogP) is 2.45. The molecule has 2 amide bonds. The van der Waals surface area contributed by atoms with E-state index in [4.69, 9.17) is 16.7 Å². The van der Waals surface area contributed by atoms with Gasteiger partial charge in [0, 0.05) is 23.8 Å². The number of carbonyl (C=O) groups is 2. The van der Waals surface area contributed by atoms with E-state index in [0.717, 1.165) is 12.8 Å². The zero-order valence-electron chi connectivity index (χ0n) is 10.5. The first-order valence-electron chi connectivity index (χ1n) is 6.00. The minimum atomic E-state index is -1.06. The smallest absolute Gasteiger partial charge is 0.325 e. The number of urea groups is 1. The number of carboxylic acid groups (broad SMARTS) is 1. The summed E-state index contributed by atoms with van der Waals surface area (Å²) in [5.74, 6) is -1.06. The van der Waals surface area contributed by atoms with E-state index in [9.17, 15) is 9.59 Å². The number of carbonyl (C=O) groups excluding carboxylic acids is 1. The van der Waals surface area contributed by atoms with Crippen LogP contribution in [0.3, 0.4) is 0 Å². The molecule has 2 rings (SSSR count). The molecule has 0 aromatic heterocycles. The lowest BCUT2D eigenvalue weighted by Gasteiger charge is -2.27. The van der Waals surface area contributed by atoms with Crippen LogP contribution < -0.4 is 4.90 Å². The number of aliphatic carboxylic acids is 1. The molecule has 0 spiro atoms. The summed E-state index contributed by atoms with van der Waals surface area (Å²) in [6.07, 6.45) is 1.94. The van der Waals surface area contributed by atoms with Gasteiger partial charge in [-0.05, 0) is 31.0 Å². The van der Waals surface area contributed by atoms with Crippen molar-refractivity contribution in [3.63, 3.8) is 0 Å². The number of amides is 2. The van der Waals surface area contributed by atoms with Crippen molar-refractivity contribution in [2.75, 3.05) is 18.5 Å². The maximum Gasteiger partial charge on any atom is 0.325 e. The highest BCUT2D eigenvalue weighted by molar-refractivity contribution is 6.30. The highest BCUT2D eigenvalue weighted by Gasteiger charge is 2.33. The Kier molecular flexibility index (Phi) is 3.95. The van der Waals surface area contributed by atoms with Crippen LogP contribution >= 0.6 is 11.6 Å². The zero-order valence-corrected chi connectivity index (χ0v) is 11.3. The van der Waals surface area contributed by atoms with E-state index >= 15 is 0 Å². The van der Waals surface area contributed by atoms with Gasteiger partial charge in [-0.3, -0.25) is 9.69 Å². The van der Waals surface area contributed by atoms with Crippen molar-refractivity contribution in [3.05, 3.63) is 29.3 Å². The van der Waals surface area contributed by atoms with Gasteiger partial charge in [-0.15, -0.1) is 0 Å². The summed E-state index contributed by atoms with van der Waals surface area (Å²) in [6.45, 7) is -0.379. The van der Waals surface area contributed by atoms with Crippen molar-refractivity contribution < 1.29 is 14.7 Å². The summed E-state index contributed by atoms with van der Waals surface area (Å²) >= 11 is 5.89. The minimum Gasteiger partial charge on any atom is -0.480 e. The molecule has 0 saturated heterocycles. The third-order valence-electron chi connectivity index (χ3n) is 3.04. The van der Waals surface area contributed by atoms with Gasteiger partial charge in [0.1, 0.15) is 6.54 Å². The Balaban J connectivity index is 2.24. The summed E-state index contributed by atoms with van der Waals surface area (Å²) in [4.78, 5) is 26.1. The summed E-state index contributed by atoms with van der Waals surface area (Å²) in [7, 11) is 1.69. The molecular weight excluding hydrogens is 268 g/mol. The number of nitrogens with zero attached hydrogens (tertiary/aromatic N) is 2. The fourth-order valence-corrected chi connectivity index (χ4v) is 2.04. The molecule has 1 N–H and O–H groups in total. The van der Waals surface area contributed by atoms with Gasteiger partial charge in [-0.1, -0.05) is 17.7 Å². The number of hydrogen-bond donors (Lipinski definition) is 1. The van der Waals surface area contributed by atoms with E-state index in [1.54, 1.807) is 36.2 Å². The van der Waals surface area contributed by atoms with Crippen LogP contribution in [0.1, 0.15) is 12.8 Å². The molecule has 0 unspecified atom stereocenters. The Labute approximate surface area is 116 Å². The van der Waals surface area contributed by atoms with Gasteiger partial charge in [0.2, 0.25) is 0 Å². The zero-order chi connectivity index (χ0) is 14.0. The SMILES string of the molecule is CN(C(=O)N(CC(=O)O)c1cccc(Cl)c1)C1CC1. The lowest BCUT2D eigenvalue weighted by Crippen LogP contribution is -2.44. The molecular formula is C13H15ClN2O3. The topological polar surface area (TPSA) is 60.9 Å². The van der Waals surface area contributed by atoms with Crippen LogP contribution in [0.2, 0.25) is 5.02 Å². The van der Waals surface area contributed by atoms with Gasteiger partial charge in [-0.2, -0.15) is 0 Å². The average molecular weight is 283 g/mol. The highest BCUT2D eigenvalue weighted by atomic mass is 35.5. The molecule has 0 radical (unpaired) electrons. The van der Waals surface area contributed by atoms with Gasteiger partial charge in [0.15, 0.2) is 0 Å². The number of anilines is 1. The number of carboxylic acids is 1. The molecule has 102 valence electrons. The van der Waals surface area contributed by atoms with Gasteiger partial charge in [0.25, 0.3) is 0 Å². The van der Waals surface area contributed by atoms with Gasteiger partial charge >= 0.3 is 12.0 Å². The molecule has 1 aromatic carbocycles. The molecule has 1 aliphatic rings. The number of rotatable bonds is 4. The standard InChI is InChI=1S/C13H15ClN2O3/c1-15(10-5-6-10)13(19)16(8-12(17)18)11-4-2-3-9(14)7-11/h2-4,7,10H,5-6,8H2,1H3,(H,17,18). The highest BCUT2D eigenvalue weighted by Crippen LogP contribution is 2.28. The van der Waals surface area contributed by atoms with Crippen LogP contribution in [0.4, 0.5) is 10.5 Å². The van der Waals surface area contributed by atoms with Crippen molar-refractivity contribution in [2.45, 2.75) is 18.9 Å². The second-order valence-corrected chi connectivity index (χ2v) is 5.02. The normalized spacial score (nSPS) is 14.0. The first-order valence-corrected chi connectivity index (χ1v) is 6.38. The Morgan fingerprint density at radius 1 is 1.42 bits per heavy atom. The third-order valence-corrected chi connectivity index (χ3v) is 3.28. The summed E-state index contributed by atoms with van der Waals surface area (Å²) in [5, 5.41) is 9.42. The Morgan fingerprint density at radius 3 is 2.63 bits per heavy atom. The first-order chi connectivity index (χ1) is 8.99. The minimum absolute atomic E-state index is 0.225. The Hall–Kier alpha value is -1.75.